The van der Waals surface area contributed by atoms with Crippen LogP contribution in [0.15, 0.2) is 24.3 Å². The first kappa shape index (κ1) is 18.9. The fourth-order valence-electron chi connectivity index (χ4n) is 3.79. The van der Waals surface area contributed by atoms with Crippen LogP contribution in [0, 0.1) is 20.8 Å². The van der Waals surface area contributed by atoms with Gasteiger partial charge in [0.1, 0.15) is 5.82 Å². The van der Waals surface area contributed by atoms with Crippen molar-refractivity contribution in [3.05, 3.63) is 52.5 Å². The van der Waals surface area contributed by atoms with Crippen molar-refractivity contribution in [2.24, 2.45) is 0 Å². The van der Waals surface area contributed by atoms with Gasteiger partial charge in [-0.25, -0.2) is 9.97 Å². The van der Waals surface area contributed by atoms with Gasteiger partial charge in [-0.05, 0) is 51.5 Å². The van der Waals surface area contributed by atoms with Crippen LogP contribution in [-0.4, -0.2) is 37.7 Å². The number of carbonyl (C=O) groups excluding carboxylic acids is 1. The number of hydrogen-bond donors (Lipinski definition) is 1. The number of benzene rings is 1. The Bertz CT molecular complexity index is 1160. The smallest absolute Gasteiger partial charge is 0.252 e. The second-order valence-corrected chi connectivity index (χ2v) is 8.92. The number of thioether (sulfide) groups is 1. The van der Waals surface area contributed by atoms with Crippen LogP contribution in [0.25, 0.3) is 5.95 Å². The number of amides is 1. The Morgan fingerprint density at radius 3 is 2.60 bits per heavy atom. The predicted octanol–water partition coefficient (Wildman–Crippen LogP) is 3.48. The van der Waals surface area contributed by atoms with Gasteiger partial charge in [0.25, 0.3) is 5.95 Å². The van der Waals surface area contributed by atoms with Gasteiger partial charge in [-0.15, -0.1) is 11.8 Å². The number of hydrogen-bond acceptors (Lipinski definition) is 7. The molecule has 1 amide bonds. The van der Waals surface area contributed by atoms with E-state index in [9.17, 15) is 4.79 Å². The van der Waals surface area contributed by atoms with Crippen molar-refractivity contribution in [1.82, 2.24) is 19.7 Å². The Labute approximate surface area is 178 Å². The normalized spacial score (nSPS) is 19.9. The molecule has 0 saturated heterocycles. The van der Waals surface area contributed by atoms with Crippen LogP contribution in [0.1, 0.15) is 40.4 Å². The van der Waals surface area contributed by atoms with Gasteiger partial charge in [-0.2, -0.15) is 9.78 Å². The molecule has 2 aliphatic heterocycles. The van der Waals surface area contributed by atoms with Gasteiger partial charge < -0.3 is 14.8 Å². The molecular weight excluding hydrogens is 402 g/mol. The minimum Gasteiger partial charge on any atom is -0.454 e. The summed E-state index contributed by atoms with van der Waals surface area (Å²) in [5.41, 5.74) is 4.47. The fraction of sp³-hybridized carbons (Fsp3) is 0.333. The summed E-state index contributed by atoms with van der Waals surface area (Å²) in [5, 5.41) is 7.40. The lowest BCUT2D eigenvalue weighted by Crippen LogP contribution is -2.23. The van der Waals surface area contributed by atoms with Gasteiger partial charge in [0.2, 0.25) is 12.7 Å². The zero-order chi connectivity index (χ0) is 21.0. The molecule has 0 saturated carbocycles. The van der Waals surface area contributed by atoms with E-state index in [0.717, 1.165) is 34.0 Å². The highest BCUT2D eigenvalue weighted by molar-refractivity contribution is 8.01. The van der Waals surface area contributed by atoms with Crippen LogP contribution >= 0.6 is 11.8 Å². The number of aryl methyl sites for hydroxylation is 3. The lowest BCUT2D eigenvalue weighted by Gasteiger charge is -2.17. The number of fused-ring (bicyclic) bond motifs is 2. The van der Waals surface area contributed by atoms with E-state index in [2.05, 4.69) is 15.3 Å². The highest BCUT2D eigenvalue weighted by atomic mass is 32.2. The molecule has 0 radical (unpaired) electrons. The van der Waals surface area contributed by atoms with E-state index in [1.807, 2.05) is 52.0 Å². The molecule has 0 aliphatic carbocycles. The van der Waals surface area contributed by atoms with Gasteiger partial charge in [-0.1, -0.05) is 6.07 Å². The SMILES string of the molecule is Cc1cc(C)nc(-n2nc(C)c3c2NC(=O)C(C)SC3c2ccc3c(c2)OCO3)n1. The molecule has 0 spiro atoms. The molecule has 30 heavy (non-hydrogen) atoms. The molecule has 0 fully saturated rings. The molecule has 4 heterocycles. The van der Waals surface area contributed by atoms with Crippen LogP contribution < -0.4 is 14.8 Å². The molecule has 9 heteroatoms. The number of anilines is 1. The third kappa shape index (κ3) is 3.09. The zero-order valence-corrected chi connectivity index (χ0v) is 17.9. The minimum absolute atomic E-state index is 0.0741. The van der Waals surface area contributed by atoms with Gasteiger partial charge in [0.15, 0.2) is 11.5 Å². The van der Waals surface area contributed by atoms with E-state index in [-0.39, 0.29) is 23.2 Å². The molecule has 2 aliphatic rings. The second-order valence-electron chi connectivity index (χ2n) is 7.47. The first-order valence-corrected chi connectivity index (χ1v) is 10.6. The highest BCUT2D eigenvalue weighted by Gasteiger charge is 2.35. The fourth-order valence-corrected chi connectivity index (χ4v) is 5.11. The van der Waals surface area contributed by atoms with E-state index in [1.165, 1.54) is 0 Å². The standard InChI is InChI=1S/C21H21N5O3S/c1-10-7-11(2)23-21(22-10)26-19-17(12(3)25-26)18(30-13(4)20(27)24-19)14-5-6-15-16(8-14)29-9-28-15/h5-8,13,18H,9H2,1-4H3,(H,24,27). The van der Waals surface area contributed by atoms with Crippen molar-refractivity contribution < 1.29 is 14.3 Å². The Hall–Kier alpha value is -3.07. The van der Waals surface area contributed by atoms with E-state index < -0.39 is 0 Å². The first-order valence-electron chi connectivity index (χ1n) is 9.69. The van der Waals surface area contributed by atoms with Crippen molar-refractivity contribution in [2.75, 3.05) is 12.1 Å². The van der Waals surface area contributed by atoms with E-state index >= 15 is 0 Å². The largest absolute Gasteiger partial charge is 0.454 e. The Balaban J connectivity index is 1.69. The van der Waals surface area contributed by atoms with Crippen molar-refractivity contribution in [2.45, 2.75) is 38.2 Å². The molecule has 0 bridgehead atoms. The zero-order valence-electron chi connectivity index (χ0n) is 17.1. The van der Waals surface area contributed by atoms with Crippen molar-refractivity contribution in [1.29, 1.82) is 0 Å². The monoisotopic (exact) mass is 423 g/mol. The Kier molecular flexibility index (Phi) is 4.43. The number of carbonyl (C=O) groups is 1. The van der Waals surface area contributed by atoms with Gasteiger partial charge in [0, 0.05) is 17.0 Å². The van der Waals surface area contributed by atoms with Crippen LogP contribution in [0.5, 0.6) is 11.5 Å². The molecule has 2 unspecified atom stereocenters. The van der Waals surface area contributed by atoms with Gasteiger partial charge in [0.05, 0.1) is 16.2 Å². The summed E-state index contributed by atoms with van der Waals surface area (Å²) in [6.07, 6.45) is 0. The van der Waals surface area contributed by atoms with Gasteiger partial charge in [-0.3, -0.25) is 4.79 Å². The topological polar surface area (TPSA) is 91.2 Å². The van der Waals surface area contributed by atoms with Gasteiger partial charge >= 0.3 is 0 Å². The lowest BCUT2D eigenvalue weighted by molar-refractivity contribution is -0.115. The van der Waals surface area contributed by atoms with Crippen molar-refractivity contribution >= 4 is 23.5 Å². The molecule has 1 aromatic carbocycles. The minimum atomic E-state index is -0.249. The molecule has 2 atom stereocenters. The third-order valence-corrected chi connectivity index (χ3v) is 6.58. The highest BCUT2D eigenvalue weighted by Crippen LogP contribution is 2.47. The van der Waals surface area contributed by atoms with Crippen molar-refractivity contribution in [3.63, 3.8) is 0 Å². The summed E-state index contributed by atoms with van der Waals surface area (Å²) in [6.45, 7) is 7.91. The van der Waals surface area contributed by atoms with Crippen LogP contribution in [-0.2, 0) is 4.79 Å². The second kappa shape index (κ2) is 7.02. The number of aromatic nitrogens is 4. The maximum Gasteiger partial charge on any atom is 0.252 e. The maximum absolute atomic E-state index is 12.8. The molecule has 1 N–H and O–H groups in total. The summed E-state index contributed by atoms with van der Waals surface area (Å²) in [5.74, 6) is 2.43. The summed E-state index contributed by atoms with van der Waals surface area (Å²) >= 11 is 1.58. The number of nitrogens with zero attached hydrogens (tertiary/aromatic N) is 4. The summed E-state index contributed by atoms with van der Waals surface area (Å²) < 4.78 is 12.7. The quantitative estimate of drug-likeness (QED) is 0.675. The van der Waals surface area contributed by atoms with E-state index in [1.54, 1.807) is 16.4 Å². The predicted molar refractivity (Wildman–Crippen MR) is 113 cm³/mol. The van der Waals surface area contributed by atoms with Crippen LogP contribution in [0.3, 0.4) is 0 Å². The van der Waals surface area contributed by atoms with Crippen molar-refractivity contribution in [3.8, 4) is 17.4 Å². The summed E-state index contributed by atoms with van der Waals surface area (Å²) in [7, 11) is 0. The number of ether oxygens (including phenoxy) is 2. The molecule has 3 aromatic rings. The first-order chi connectivity index (χ1) is 14.4. The van der Waals surface area contributed by atoms with Crippen LogP contribution in [0.2, 0.25) is 0 Å². The maximum atomic E-state index is 12.8. The molecule has 5 rings (SSSR count). The molecule has 8 nitrogen and oxygen atoms in total. The molecular formula is C21H21N5O3S. The Morgan fingerprint density at radius 2 is 1.83 bits per heavy atom. The third-order valence-electron chi connectivity index (χ3n) is 5.18. The summed E-state index contributed by atoms with van der Waals surface area (Å²) in [6, 6.07) is 7.82. The Morgan fingerprint density at radius 1 is 1.10 bits per heavy atom. The van der Waals surface area contributed by atoms with E-state index in [4.69, 9.17) is 14.6 Å². The molecule has 154 valence electrons. The van der Waals surface area contributed by atoms with Crippen LogP contribution in [0.4, 0.5) is 5.82 Å². The summed E-state index contributed by atoms with van der Waals surface area (Å²) in [4.78, 5) is 21.9. The average molecular weight is 423 g/mol. The lowest BCUT2D eigenvalue weighted by atomic mass is 10.0. The number of nitrogens with one attached hydrogen (secondary N) is 1. The van der Waals surface area contributed by atoms with E-state index in [0.29, 0.717) is 17.5 Å². The number of rotatable bonds is 2. The molecule has 2 aromatic heterocycles. The average Bonchev–Trinajstić information content (AvgIpc) is 3.25.